The zero-order valence-electron chi connectivity index (χ0n) is 10.6. The van der Waals surface area contributed by atoms with Crippen molar-refractivity contribution in [3.05, 3.63) is 24.6 Å². The van der Waals surface area contributed by atoms with Crippen LogP contribution in [0.1, 0.15) is 20.3 Å². The summed E-state index contributed by atoms with van der Waals surface area (Å²) in [5, 5.41) is 0. The largest absolute Gasteiger partial charge is 0.532 e. The van der Waals surface area contributed by atoms with Gasteiger partial charge in [-0.1, -0.05) is 20.4 Å². The van der Waals surface area contributed by atoms with Gasteiger partial charge in [0, 0.05) is 6.21 Å². The van der Waals surface area contributed by atoms with Crippen LogP contribution in [0, 0.1) is 5.92 Å². The van der Waals surface area contributed by atoms with E-state index in [4.69, 9.17) is 4.43 Å². The third kappa shape index (κ3) is 9.47. The van der Waals surface area contributed by atoms with E-state index in [9.17, 15) is 0 Å². The molecule has 2 nitrogen and oxygen atoms in total. The van der Waals surface area contributed by atoms with Crippen molar-refractivity contribution in [1.29, 1.82) is 0 Å². The first-order chi connectivity index (χ1) is 6.70. The molecule has 0 bridgehead atoms. The highest BCUT2D eigenvalue weighted by molar-refractivity contribution is 6.70. The van der Waals surface area contributed by atoms with Gasteiger partial charge >= 0.3 is 0 Å². The van der Waals surface area contributed by atoms with Crippen molar-refractivity contribution in [3.63, 3.8) is 0 Å². The van der Waals surface area contributed by atoms with Gasteiger partial charge in [-0.3, -0.25) is 0 Å². The molecule has 0 aliphatic heterocycles. The number of nitrogens with zero attached hydrogens (tertiary/aromatic N) is 1. The molecular formula is C12H23NOSi. The lowest BCUT2D eigenvalue weighted by atomic mass is 10.1. The molecule has 86 valence electrons. The van der Waals surface area contributed by atoms with Crippen molar-refractivity contribution in [1.82, 2.24) is 0 Å². The maximum Gasteiger partial charge on any atom is 0.244 e. The second kappa shape index (κ2) is 5.91. The summed E-state index contributed by atoms with van der Waals surface area (Å²) < 4.78 is 5.60. The molecule has 3 heteroatoms. The van der Waals surface area contributed by atoms with E-state index in [1.54, 1.807) is 6.21 Å². The van der Waals surface area contributed by atoms with E-state index in [0.29, 0.717) is 11.8 Å². The van der Waals surface area contributed by atoms with E-state index in [1.165, 1.54) is 0 Å². The zero-order valence-corrected chi connectivity index (χ0v) is 11.6. The van der Waals surface area contributed by atoms with E-state index >= 15 is 0 Å². The summed E-state index contributed by atoms with van der Waals surface area (Å²) in [4.78, 5) is 4.16. The predicted molar refractivity (Wildman–Crippen MR) is 70.7 cm³/mol. The zero-order chi connectivity index (χ0) is 12.1. The van der Waals surface area contributed by atoms with Crippen LogP contribution >= 0.6 is 0 Å². The van der Waals surface area contributed by atoms with Crippen molar-refractivity contribution in [2.75, 3.05) is 0 Å². The Bertz CT molecular complexity index is 261. The third-order valence-corrected chi connectivity index (χ3v) is 2.33. The second-order valence-electron chi connectivity index (χ2n) is 5.12. The van der Waals surface area contributed by atoms with Crippen molar-refractivity contribution >= 4 is 14.5 Å². The average Bonchev–Trinajstić information content (AvgIpc) is 1.96. The molecule has 15 heavy (non-hydrogen) atoms. The van der Waals surface area contributed by atoms with Crippen molar-refractivity contribution < 1.29 is 4.43 Å². The van der Waals surface area contributed by atoms with Gasteiger partial charge in [0.05, 0.1) is 0 Å². The van der Waals surface area contributed by atoms with Gasteiger partial charge in [0.2, 0.25) is 8.32 Å². The lowest BCUT2D eigenvalue weighted by Gasteiger charge is -2.18. The molecule has 0 N–H and O–H groups in total. The summed E-state index contributed by atoms with van der Waals surface area (Å²) in [6.45, 7) is 18.3. The molecular weight excluding hydrogens is 202 g/mol. The molecule has 0 rings (SSSR count). The normalized spacial score (nSPS) is 12.1. The summed E-state index contributed by atoms with van der Waals surface area (Å²) in [7, 11) is -1.57. The summed E-state index contributed by atoms with van der Waals surface area (Å²) >= 11 is 0. The fourth-order valence-electron chi connectivity index (χ4n) is 1.12. The molecule has 0 aliphatic rings. The first-order valence-electron chi connectivity index (χ1n) is 5.30. The molecule has 0 radical (unpaired) electrons. The minimum Gasteiger partial charge on any atom is -0.532 e. The Labute approximate surface area is 94.9 Å². The van der Waals surface area contributed by atoms with Crippen LogP contribution in [0.5, 0.6) is 0 Å². The Morgan fingerprint density at radius 2 is 1.87 bits per heavy atom. The van der Waals surface area contributed by atoms with Gasteiger partial charge in [-0.2, -0.15) is 0 Å². The van der Waals surface area contributed by atoms with Crippen LogP contribution < -0.4 is 0 Å². The van der Waals surface area contributed by atoms with Crippen LogP contribution in [0.2, 0.25) is 19.6 Å². The van der Waals surface area contributed by atoms with Gasteiger partial charge < -0.3 is 4.43 Å². The second-order valence-corrected chi connectivity index (χ2v) is 9.55. The van der Waals surface area contributed by atoms with E-state index in [2.05, 4.69) is 51.6 Å². The Balaban J connectivity index is 4.07. The topological polar surface area (TPSA) is 21.6 Å². The molecule has 0 spiro atoms. The number of aliphatic imine (C=N–C) groups is 1. The Hall–Kier alpha value is -0.833. The number of hydrogen-bond acceptors (Lipinski definition) is 2. The lowest BCUT2D eigenvalue weighted by Crippen LogP contribution is -2.24. The minimum atomic E-state index is -1.57. The highest BCUT2D eigenvalue weighted by Crippen LogP contribution is 2.11. The maximum absolute atomic E-state index is 5.60. The Kier molecular flexibility index (Phi) is 5.58. The van der Waals surface area contributed by atoms with Crippen molar-refractivity contribution in [2.24, 2.45) is 10.9 Å². The minimum absolute atomic E-state index is 0.499. The molecule has 0 unspecified atom stereocenters. The summed E-state index contributed by atoms with van der Waals surface area (Å²) in [5.41, 5.74) is 1.02. The van der Waals surface area contributed by atoms with Crippen LogP contribution in [-0.2, 0) is 4.43 Å². The first-order valence-corrected chi connectivity index (χ1v) is 8.71. The molecule has 0 fully saturated rings. The van der Waals surface area contributed by atoms with Gasteiger partial charge in [0.25, 0.3) is 0 Å². The summed E-state index contributed by atoms with van der Waals surface area (Å²) in [5.74, 6) is 1.11. The van der Waals surface area contributed by atoms with E-state index in [-0.39, 0.29) is 0 Å². The number of rotatable bonds is 6. The van der Waals surface area contributed by atoms with Gasteiger partial charge in [0.15, 0.2) is 5.88 Å². The van der Waals surface area contributed by atoms with Crippen LogP contribution in [0.25, 0.3) is 0 Å². The number of hydrogen-bond donors (Lipinski definition) is 0. The van der Waals surface area contributed by atoms with Crippen molar-refractivity contribution in [2.45, 2.75) is 39.9 Å². The van der Waals surface area contributed by atoms with Crippen LogP contribution in [-0.4, -0.2) is 14.5 Å². The van der Waals surface area contributed by atoms with Gasteiger partial charge in [-0.05, 0) is 44.1 Å². The molecule has 0 atom stereocenters. The smallest absolute Gasteiger partial charge is 0.244 e. The monoisotopic (exact) mass is 225 g/mol. The molecule has 0 amide bonds. The highest BCUT2D eigenvalue weighted by Gasteiger charge is 2.16. The van der Waals surface area contributed by atoms with E-state index < -0.39 is 8.32 Å². The van der Waals surface area contributed by atoms with Crippen LogP contribution in [0.3, 0.4) is 0 Å². The molecule has 0 aromatic heterocycles. The van der Waals surface area contributed by atoms with Gasteiger partial charge in [0.1, 0.15) is 0 Å². The molecule has 0 saturated heterocycles. The highest BCUT2D eigenvalue weighted by atomic mass is 28.4. The molecule has 0 aromatic rings. The molecule has 0 aromatic carbocycles. The van der Waals surface area contributed by atoms with Gasteiger partial charge in [-0.25, -0.2) is 4.99 Å². The lowest BCUT2D eigenvalue weighted by molar-refractivity contribution is 0.421. The molecule has 0 aliphatic carbocycles. The first kappa shape index (κ1) is 14.2. The fourth-order valence-corrected chi connectivity index (χ4v) is 1.88. The fraction of sp³-hybridized carbons (Fsp3) is 0.583. The predicted octanol–water partition coefficient (Wildman–Crippen LogP) is 3.98. The molecule has 0 heterocycles. The van der Waals surface area contributed by atoms with Gasteiger partial charge in [-0.15, -0.1) is 0 Å². The Morgan fingerprint density at radius 1 is 1.33 bits per heavy atom. The average molecular weight is 225 g/mol. The summed E-state index contributed by atoms with van der Waals surface area (Å²) in [6, 6.07) is 0. The van der Waals surface area contributed by atoms with Crippen LogP contribution in [0.4, 0.5) is 0 Å². The number of allylic oxidation sites excluding steroid dienone is 1. The van der Waals surface area contributed by atoms with E-state index in [1.807, 2.05) is 0 Å². The van der Waals surface area contributed by atoms with E-state index in [0.717, 1.165) is 12.0 Å². The molecule has 0 saturated carbocycles. The van der Waals surface area contributed by atoms with Crippen LogP contribution in [0.15, 0.2) is 29.6 Å². The summed E-state index contributed by atoms with van der Waals surface area (Å²) in [6.07, 6.45) is 2.71. The maximum atomic E-state index is 5.60. The SMILES string of the molecule is C=C(C=NC(=C)O[Si](C)(C)C)CC(C)C. The third-order valence-electron chi connectivity index (χ3n) is 1.49. The Morgan fingerprint density at radius 3 is 2.27 bits per heavy atom. The van der Waals surface area contributed by atoms with Crippen molar-refractivity contribution in [3.8, 4) is 0 Å². The standard InChI is InChI=1S/C12H23NOSi/c1-10(2)8-11(3)9-13-12(4)14-15(5,6)7/h9-10H,3-4,8H2,1-2,5-7H3. The quantitative estimate of drug-likeness (QED) is 0.380.